The summed E-state index contributed by atoms with van der Waals surface area (Å²) in [6.07, 6.45) is 2.27. The molecule has 1 heterocycles. The van der Waals surface area contributed by atoms with Gasteiger partial charge in [0, 0.05) is 93.8 Å². The van der Waals surface area contributed by atoms with Crippen LogP contribution in [0.5, 0.6) is 0 Å². The minimum absolute atomic E-state index is 0. The van der Waals surface area contributed by atoms with Crippen LogP contribution in [0, 0.1) is 24.3 Å². The van der Waals surface area contributed by atoms with Gasteiger partial charge in [-0.05, 0) is 41.7 Å². The second kappa shape index (κ2) is 44.0. The molecule has 1 aliphatic rings. The minimum atomic E-state index is 0. The molecule has 0 amide bonds. The molecule has 10 rings (SSSR count). The Bertz CT molecular complexity index is 2640. The Kier molecular flexibility index (Phi) is 45.8. The van der Waals surface area contributed by atoms with E-state index in [0.29, 0.717) is 0 Å². The number of nitrogens with zero attached hydrogens (tertiary/aromatic N) is 1. The number of aryl methyl sites for hydroxylation is 1. The fraction of sp³-hybridized carbons (Fsp3) is 0.343. The van der Waals surface area contributed by atoms with Gasteiger partial charge in [0.2, 0.25) is 0 Å². The summed E-state index contributed by atoms with van der Waals surface area (Å²) in [5.41, 5.74) is 12.7. The van der Waals surface area contributed by atoms with Crippen LogP contribution in [-0.2, 0) is 78.4 Å². The average Bonchev–Trinajstić information content (AvgIpc) is 4.00. The monoisotopic (exact) mass is 1090 g/mol. The van der Waals surface area contributed by atoms with Crippen molar-refractivity contribution in [2.45, 2.75) is 158 Å². The second-order valence-electron chi connectivity index (χ2n) is 13.0. The summed E-state index contributed by atoms with van der Waals surface area (Å²) in [6, 6.07) is 64.6. The molecular weight excluding hydrogens is 997 g/mol. The summed E-state index contributed by atoms with van der Waals surface area (Å²) in [6.45, 7) is 39.4. The van der Waals surface area contributed by atoms with Crippen molar-refractivity contribution in [3.63, 3.8) is 0 Å². The molecule has 1 aromatic heterocycles. The first-order valence-corrected chi connectivity index (χ1v) is 26.0. The molecule has 0 atom stereocenters. The van der Waals surface area contributed by atoms with Gasteiger partial charge >= 0.3 is 0 Å². The van der Waals surface area contributed by atoms with Gasteiger partial charge in [-0.1, -0.05) is 198 Å². The smallest absolute Gasteiger partial charge is 0.0490 e. The van der Waals surface area contributed by atoms with E-state index in [9.17, 15) is 0 Å². The fourth-order valence-corrected chi connectivity index (χ4v) is 7.65. The van der Waals surface area contributed by atoms with Crippen molar-refractivity contribution in [1.29, 1.82) is 0 Å². The van der Waals surface area contributed by atoms with Gasteiger partial charge < -0.3 is 4.57 Å². The van der Waals surface area contributed by atoms with E-state index in [2.05, 4.69) is 159 Å². The van der Waals surface area contributed by atoms with Gasteiger partial charge in [-0.25, -0.2) is 22.3 Å². The zero-order chi connectivity index (χ0) is 50.7. The molecule has 0 fully saturated rings. The van der Waals surface area contributed by atoms with E-state index in [1.54, 1.807) is 0 Å². The van der Waals surface area contributed by atoms with Crippen molar-refractivity contribution >= 4 is 43.4 Å². The Labute approximate surface area is 481 Å². The van der Waals surface area contributed by atoms with Crippen LogP contribution in [0.1, 0.15) is 157 Å². The Morgan fingerprint density at radius 2 is 0.800 bits per heavy atom. The first-order valence-electron chi connectivity index (χ1n) is 26.0. The van der Waals surface area contributed by atoms with E-state index >= 15 is 0 Å². The Hall–Kier alpha value is -3.71. The molecular formula is C67H91NY2-4. The molecule has 374 valence electrons. The van der Waals surface area contributed by atoms with Gasteiger partial charge in [-0.15, -0.1) is 52.6 Å². The maximum atomic E-state index is 3.42. The molecule has 1 nitrogen and oxygen atoms in total. The molecule has 0 saturated heterocycles. The quantitative estimate of drug-likeness (QED) is 0.155. The number of hydrogen-bond donors (Lipinski definition) is 0. The Balaban J connectivity index is -0.000000451. The van der Waals surface area contributed by atoms with E-state index in [1.807, 2.05) is 147 Å². The Morgan fingerprint density at radius 3 is 1.30 bits per heavy atom. The van der Waals surface area contributed by atoms with Crippen LogP contribution in [0.4, 0.5) is 0 Å². The molecule has 0 N–H and O–H groups in total. The maximum Gasteiger partial charge on any atom is 0.0490 e. The molecule has 9 aromatic rings. The van der Waals surface area contributed by atoms with Gasteiger partial charge in [0.1, 0.15) is 0 Å². The number of fused-ring (bicyclic) bond motifs is 10. The summed E-state index contributed by atoms with van der Waals surface area (Å²) >= 11 is 0. The Morgan fingerprint density at radius 1 is 0.386 bits per heavy atom. The van der Waals surface area contributed by atoms with E-state index in [4.69, 9.17) is 0 Å². The number of para-hydroxylation sites is 1. The minimum Gasteiger partial charge on any atom is -0.342 e. The molecule has 70 heavy (non-hydrogen) atoms. The summed E-state index contributed by atoms with van der Waals surface area (Å²) in [5.74, 6) is 0. The molecule has 0 saturated carbocycles. The summed E-state index contributed by atoms with van der Waals surface area (Å²) in [4.78, 5) is 0. The topological polar surface area (TPSA) is 4.93 Å². The van der Waals surface area contributed by atoms with Crippen molar-refractivity contribution in [2.24, 2.45) is 0 Å². The molecule has 0 aliphatic heterocycles. The van der Waals surface area contributed by atoms with Gasteiger partial charge in [0.05, 0.1) is 0 Å². The zero-order valence-corrected chi connectivity index (χ0v) is 52.3. The first kappa shape index (κ1) is 72.8. The SMILES string of the molecule is C.CC.CC.CC.CC.CC.CC.CC.CC.CCC.CCn1c2ccccc2c2ccc3c(-c4[c-]cccc4)[c-]ccc3c21.[Y].[Y].[c-]1ccccc1-c1[c-]ccc2c3c(ccc12)-c1ccccc1C3. The molecule has 3 heteroatoms. The first-order chi connectivity index (χ1) is 33.2. The van der Waals surface area contributed by atoms with Crippen molar-refractivity contribution in [2.75, 3.05) is 0 Å². The second-order valence-corrected chi connectivity index (χ2v) is 13.0. The third-order valence-electron chi connectivity index (χ3n) is 9.77. The molecule has 8 aromatic carbocycles. The van der Waals surface area contributed by atoms with E-state index < -0.39 is 0 Å². The number of benzene rings is 8. The third kappa shape index (κ3) is 18.4. The molecule has 1 aliphatic carbocycles. The summed E-state index contributed by atoms with van der Waals surface area (Å²) in [7, 11) is 0. The molecule has 0 unspecified atom stereocenters. The van der Waals surface area contributed by atoms with Crippen molar-refractivity contribution in [1.82, 2.24) is 4.57 Å². The molecule has 2 radical (unpaired) electrons. The predicted octanol–water partition coefficient (Wildman–Crippen LogP) is 22.2. The third-order valence-corrected chi connectivity index (χ3v) is 9.77. The molecule has 0 spiro atoms. The molecule has 0 bridgehead atoms. The predicted molar refractivity (Wildman–Crippen MR) is 315 cm³/mol. The number of hydrogen-bond acceptors (Lipinski definition) is 0. The summed E-state index contributed by atoms with van der Waals surface area (Å²) < 4.78 is 2.42. The van der Waals surface area contributed by atoms with Crippen LogP contribution in [0.25, 0.3) is 76.7 Å². The van der Waals surface area contributed by atoms with Crippen molar-refractivity contribution in [3.05, 3.63) is 181 Å². The number of rotatable bonds is 3. The van der Waals surface area contributed by atoms with Gasteiger partial charge in [0.15, 0.2) is 0 Å². The van der Waals surface area contributed by atoms with Gasteiger partial charge in [-0.3, -0.25) is 0 Å². The number of aromatic nitrogens is 1. The van der Waals surface area contributed by atoms with E-state index in [-0.39, 0.29) is 72.8 Å². The van der Waals surface area contributed by atoms with Crippen molar-refractivity contribution < 1.29 is 65.4 Å². The van der Waals surface area contributed by atoms with E-state index in [0.717, 1.165) is 35.2 Å². The average molecular weight is 1090 g/mol. The standard InChI is InChI=1S/C24H17N.C23H14.C3H8.8C2H6.CH4.2Y/c1-2-25-23-14-7-6-11-20(23)22-16-15-19-18(17-9-4-3-5-10-17)12-8-13-21(19)24(22)25;1-2-7-16(8-3-1)18-11-6-12-20-21(18)13-14-22-19-10-5-4-9-17(19)15-23(20)22;1-3-2;8*1-2;;;/h3-9,11,13-16H,2H2,1H3;1-7,9-10,12-14H,15H2;3H2,1-2H3;8*1-2H3;1H4;;/q2*-2;;;;;;;;;;;;. The van der Waals surface area contributed by atoms with Crippen LogP contribution in [0.3, 0.4) is 0 Å². The normalized spacial score (nSPS) is 9.07. The van der Waals surface area contributed by atoms with Crippen LogP contribution in [0.15, 0.2) is 146 Å². The van der Waals surface area contributed by atoms with Crippen LogP contribution < -0.4 is 0 Å². The zero-order valence-electron chi connectivity index (χ0n) is 46.6. The fourth-order valence-electron chi connectivity index (χ4n) is 7.65. The maximum absolute atomic E-state index is 3.42. The van der Waals surface area contributed by atoms with Crippen LogP contribution in [0.2, 0.25) is 0 Å². The van der Waals surface area contributed by atoms with Crippen LogP contribution >= 0.6 is 0 Å². The van der Waals surface area contributed by atoms with Gasteiger partial charge in [0.25, 0.3) is 0 Å². The van der Waals surface area contributed by atoms with E-state index in [1.165, 1.54) is 72.0 Å². The van der Waals surface area contributed by atoms with Gasteiger partial charge in [-0.2, -0.15) is 72.8 Å². The summed E-state index contributed by atoms with van der Waals surface area (Å²) in [5, 5.41) is 7.75. The van der Waals surface area contributed by atoms with Crippen molar-refractivity contribution in [3.8, 4) is 33.4 Å². The van der Waals surface area contributed by atoms with Crippen LogP contribution in [-0.4, -0.2) is 4.57 Å². The largest absolute Gasteiger partial charge is 0.342 e.